The SMILES string of the molecule is CC(C)Cc1nc(NC2CCCC2)c2ccccc2n1. The van der Waals surface area contributed by atoms with E-state index < -0.39 is 0 Å². The van der Waals surface area contributed by atoms with Crippen molar-refractivity contribution in [3.63, 3.8) is 0 Å². The van der Waals surface area contributed by atoms with Crippen LogP contribution in [0.3, 0.4) is 0 Å². The number of rotatable bonds is 4. The van der Waals surface area contributed by atoms with E-state index in [9.17, 15) is 0 Å². The van der Waals surface area contributed by atoms with Crippen molar-refractivity contribution in [2.45, 2.75) is 52.0 Å². The standard InChI is InChI=1S/C17H23N3/c1-12(2)11-16-19-15-10-6-5-9-14(15)17(20-16)18-13-7-3-4-8-13/h5-6,9-10,12-13H,3-4,7-8,11H2,1-2H3,(H,18,19,20). The Bertz CT molecular complexity index is 586. The quantitative estimate of drug-likeness (QED) is 0.904. The van der Waals surface area contributed by atoms with Gasteiger partial charge in [0.05, 0.1) is 5.52 Å². The predicted molar refractivity (Wildman–Crippen MR) is 84.0 cm³/mol. The molecule has 106 valence electrons. The lowest BCUT2D eigenvalue weighted by Gasteiger charge is -2.16. The summed E-state index contributed by atoms with van der Waals surface area (Å²) < 4.78 is 0. The highest BCUT2D eigenvalue weighted by Crippen LogP contribution is 2.26. The highest BCUT2D eigenvalue weighted by Gasteiger charge is 2.17. The van der Waals surface area contributed by atoms with E-state index in [1.54, 1.807) is 0 Å². The summed E-state index contributed by atoms with van der Waals surface area (Å²) in [6, 6.07) is 8.90. The normalized spacial score (nSPS) is 16.1. The van der Waals surface area contributed by atoms with Crippen LogP contribution in [0.5, 0.6) is 0 Å². The second-order valence-electron chi connectivity index (χ2n) is 6.23. The van der Waals surface area contributed by atoms with E-state index >= 15 is 0 Å². The lowest BCUT2D eigenvalue weighted by Crippen LogP contribution is -2.17. The summed E-state index contributed by atoms with van der Waals surface area (Å²) in [6.45, 7) is 4.42. The largest absolute Gasteiger partial charge is 0.367 e. The van der Waals surface area contributed by atoms with E-state index in [0.717, 1.165) is 29.0 Å². The lowest BCUT2D eigenvalue weighted by molar-refractivity contribution is 0.622. The van der Waals surface area contributed by atoms with Gasteiger partial charge in [0.1, 0.15) is 11.6 Å². The van der Waals surface area contributed by atoms with Crippen LogP contribution in [-0.4, -0.2) is 16.0 Å². The molecule has 0 aliphatic heterocycles. The summed E-state index contributed by atoms with van der Waals surface area (Å²) in [6.07, 6.45) is 6.12. The average molecular weight is 269 g/mol. The Kier molecular flexibility index (Phi) is 3.86. The van der Waals surface area contributed by atoms with E-state index in [1.807, 2.05) is 6.07 Å². The third-order valence-corrected chi connectivity index (χ3v) is 3.94. The maximum Gasteiger partial charge on any atom is 0.137 e. The van der Waals surface area contributed by atoms with E-state index in [4.69, 9.17) is 9.97 Å². The molecule has 1 aliphatic rings. The summed E-state index contributed by atoms with van der Waals surface area (Å²) in [5.41, 5.74) is 1.05. The van der Waals surface area contributed by atoms with Gasteiger partial charge in [-0.25, -0.2) is 9.97 Å². The van der Waals surface area contributed by atoms with Gasteiger partial charge in [0, 0.05) is 17.8 Å². The Morgan fingerprint density at radius 2 is 1.90 bits per heavy atom. The van der Waals surface area contributed by atoms with Gasteiger partial charge in [0.25, 0.3) is 0 Å². The van der Waals surface area contributed by atoms with Gasteiger partial charge in [-0.2, -0.15) is 0 Å². The van der Waals surface area contributed by atoms with Crippen LogP contribution in [-0.2, 0) is 6.42 Å². The van der Waals surface area contributed by atoms with Crippen molar-refractivity contribution < 1.29 is 0 Å². The van der Waals surface area contributed by atoms with E-state index in [1.165, 1.54) is 25.7 Å². The maximum absolute atomic E-state index is 4.78. The van der Waals surface area contributed by atoms with Crippen molar-refractivity contribution >= 4 is 16.7 Å². The first-order chi connectivity index (χ1) is 9.72. The topological polar surface area (TPSA) is 37.8 Å². The van der Waals surface area contributed by atoms with E-state index in [2.05, 4.69) is 37.4 Å². The van der Waals surface area contributed by atoms with Gasteiger partial charge in [0.2, 0.25) is 0 Å². The Hall–Kier alpha value is -1.64. The molecule has 0 bridgehead atoms. The first kappa shape index (κ1) is 13.3. The summed E-state index contributed by atoms with van der Waals surface area (Å²) in [5, 5.41) is 4.79. The molecule has 1 aromatic heterocycles. The highest BCUT2D eigenvalue weighted by molar-refractivity contribution is 5.89. The molecule has 3 rings (SSSR count). The van der Waals surface area contributed by atoms with Gasteiger partial charge in [-0.1, -0.05) is 38.8 Å². The molecule has 3 heteroatoms. The smallest absolute Gasteiger partial charge is 0.137 e. The molecule has 0 radical (unpaired) electrons. The minimum Gasteiger partial charge on any atom is -0.367 e. The zero-order valence-corrected chi connectivity index (χ0v) is 12.4. The van der Waals surface area contributed by atoms with Gasteiger partial charge in [0.15, 0.2) is 0 Å². The molecule has 1 N–H and O–H groups in total. The van der Waals surface area contributed by atoms with Crippen molar-refractivity contribution in [2.75, 3.05) is 5.32 Å². The van der Waals surface area contributed by atoms with E-state index in [0.29, 0.717) is 12.0 Å². The van der Waals surface area contributed by atoms with Crippen molar-refractivity contribution in [2.24, 2.45) is 5.92 Å². The highest BCUT2D eigenvalue weighted by atomic mass is 15.1. The van der Waals surface area contributed by atoms with Crippen molar-refractivity contribution in [1.82, 2.24) is 9.97 Å². The summed E-state index contributed by atoms with van der Waals surface area (Å²) >= 11 is 0. The number of anilines is 1. The van der Waals surface area contributed by atoms with Crippen LogP contribution in [0.25, 0.3) is 10.9 Å². The summed E-state index contributed by atoms with van der Waals surface area (Å²) in [5.74, 6) is 2.56. The molecule has 1 aliphatic carbocycles. The second-order valence-corrected chi connectivity index (χ2v) is 6.23. The molecule has 1 fully saturated rings. The monoisotopic (exact) mass is 269 g/mol. The average Bonchev–Trinajstić information content (AvgIpc) is 2.91. The molecule has 0 atom stereocenters. The minimum absolute atomic E-state index is 0.579. The predicted octanol–water partition coefficient (Wildman–Crippen LogP) is 4.18. The molecule has 1 heterocycles. The zero-order chi connectivity index (χ0) is 13.9. The Morgan fingerprint density at radius 1 is 1.15 bits per heavy atom. The number of benzene rings is 1. The molecule has 0 unspecified atom stereocenters. The van der Waals surface area contributed by atoms with Crippen LogP contribution in [0.15, 0.2) is 24.3 Å². The van der Waals surface area contributed by atoms with Crippen LogP contribution >= 0.6 is 0 Å². The molecule has 0 amide bonds. The van der Waals surface area contributed by atoms with Gasteiger partial charge in [-0.15, -0.1) is 0 Å². The van der Waals surface area contributed by atoms with Gasteiger partial charge in [-0.05, 0) is 30.9 Å². The Balaban J connectivity index is 1.97. The van der Waals surface area contributed by atoms with Crippen molar-refractivity contribution in [3.8, 4) is 0 Å². The van der Waals surface area contributed by atoms with Crippen molar-refractivity contribution in [3.05, 3.63) is 30.1 Å². The molecular formula is C17H23N3. The van der Waals surface area contributed by atoms with Gasteiger partial charge >= 0.3 is 0 Å². The molecule has 3 nitrogen and oxygen atoms in total. The Labute approximate surface area is 120 Å². The van der Waals surface area contributed by atoms with Gasteiger partial charge < -0.3 is 5.32 Å². The maximum atomic E-state index is 4.78. The summed E-state index contributed by atoms with van der Waals surface area (Å²) in [7, 11) is 0. The first-order valence-corrected chi connectivity index (χ1v) is 7.74. The van der Waals surface area contributed by atoms with Gasteiger partial charge in [-0.3, -0.25) is 0 Å². The molecule has 0 spiro atoms. The minimum atomic E-state index is 0.579. The van der Waals surface area contributed by atoms with Crippen LogP contribution in [0.2, 0.25) is 0 Å². The number of fused-ring (bicyclic) bond motifs is 1. The molecule has 0 saturated heterocycles. The van der Waals surface area contributed by atoms with Crippen LogP contribution in [0.1, 0.15) is 45.4 Å². The molecule has 1 saturated carbocycles. The van der Waals surface area contributed by atoms with E-state index in [-0.39, 0.29) is 0 Å². The molecule has 1 aromatic carbocycles. The fourth-order valence-corrected chi connectivity index (χ4v) is 2.95. The molecular weight excluding hydrogens is 246 g/mol. The first-order valence-electron chi connectivity index (χ1n) is 7.74. The van der Waals surface area contributed by atoms with Crippen molar-refractivity contribution in [1.29, 1.82) is 0 Å². The number of aromatic nitrogens is 2. The number of para-hydroxylation sites is 1. The fourth-order valence-electron chi connectivity index (χ4n) is 2.95. The third-order valence-electron chi connectivity index (χ3n) is 3.94. The fraction of sp³-hybridized carbons (Fsp3) is 0.529. The number of hydrogen-bond acceptors (Lipinski definition) is 3. The number of nitrogens with one attached hydrogen (secondary N) is 1. The zero-order valence-electron chi connectivity index (χ0n) is 12.4. The van der Waals surface area contributed by atoms with Crippen LogP contribution in [0, 0.1) is 5.92 Å². The Morgan fingerprint density at radius 3 is 2.65 bits per heavy atom. The number of nitrogens with zero attached hydrogens (tertiary/aromatic N) is 2. The van der Waals surface area contributed by atoms with Crippen LogP contribution < -0.4 is 5.32 Å². The summed E-state index contributed by atoms with van der Waals surface area (Å²) in [4.78, 5) is 9.48. The van der Waals surface area contributed by atoms with Crippen LogP contribution in [0.4, 0.5) is 5.82 Å². The number of hydrogen-bond donors (Lipinski definition) is 1. The lowest BCUT2D eigenvalue weighted by atomic mass is 10.1. The molecule has 2 aromatic rings. The second kappa shape index (κ2) is 5.78. The third kappa shape index (κ3) is 2.92. The molecule has 20 heavy (non-hydrogen) atoms.